The summed E-state index contributed by atoms with van der Waals surface area (Å²) in [5.74, 6) is -0.171. The van der Waals surface area contributed by atoms with Gasteiger partial charge in [0.25, 0.3) is 0 Å². The minimum absolute atomic E-state index is 0.0716. The van der Waals surface area contributed by atoms with E-state index in [1.807, 2.05) is 74.5 Å². The minimum atomic E-state index is -3.60. The number of benzene rings is 3. The van der Waals surface area contributed by atoms with Gasteiger partial charge < -0.3 is 10.2 Å². The van der Waals surface area contributed by atoms with Crippen LogP contribution in [0.1, 0.15) is 37.8 Å². The lowest BCUT2D eigenvalue weighted by molar-refractivity contribution is -0.141. The van der Waals surface area contributed by atoms with Crippen LogP contribution >= 0.6 is 11.6 Å². The second kappa shape index (κ2) is 14.9. The molecule has 0 fully saturated rings. The van der Waals surface area contributed by atoms with Crippen molar-refractivity contribution in [2.24, 2.45) is 5.92 Å². The van der Waals surface area contributed by atoms with Crippen LogP contribution in [0, 0.1) is 5.92 Å². The van der Waals surface area contributed by atoms with E-state index in [0.29, 0.717) is 23.7 Å². The number of carbonyl (C=O) groups is 2. The highest BCUT2D eigenvalue weighted by Crippen LogP contribution is 2.23. The van der Waals surface area contributed by atoms with Gasteiger partial charge in [-0.1, -0.05) is 92.2 Å². The Balaban J connectivity index is 1.85. The first kappa shape index (κ1) is 31.2. The van der Waals surface area contributed by atoms with Crippen LogP contribution < -0.4 is 9.62 Å². The van der Waals surface area contributed by atoms with Crippen LogP contribution in [0.4, 0.5) is 5.69 Å². The maximum absolute atomic E-state index is 13.8. The van der Waals surface area contributed by atoms with Gasteiger partial charge in [-0.05, 0) is 41.7 Å². The van der Waals surface area contributed by atoms with Crippen LogP contribution in [0.25, 0.3) is 0 Å². The quantitative estimate of drug-likeness (QED) is 0.279. The number of sulfonamides is 1. The third kappa shape index (κ3) is 9.68. The molecule has 40 heavy (non-hydrogen) atoms. The Hall–Kier alpha value is -3.36. The number of anilines is 1. The van der Waals surface area contributed by atoms with Crippen LogP contribution in [0.15, 0.2) is 84.9 Å². The SMILES string of the molecule is CC(C)CNC(=O)C(Cc1ccccc1)N(Cc1ccccc1)C(=O)CCCN(c1cccc(Cl)c1)S(C)(=O)=O. The molecule has 0 heterocycles. The predicted octanol–water partition coefficient (Wildman–Crippen LogP) is 5.30. The van der Waals surface area contributed by atoms with Crippen molar-refractivity contribution in [2.75, 3.05) is 23.7 Å². The van der Waals surface area contributed by atoms with Crippen LogP contribution in [-0.2, 0) is 32.6 Å². The summed E-state index contributed by atoms with van der Waals surface area (Å²) < 4.78 is 26.4. The number of nitrogens with one attached hydrogen (secondary N) is 1. The fourth-order valence-corrected chi connectivity index (χ4v) is 5.53. The molecule has 1 unspecified atom stereocenters. The van der Waals surface area contributed by atoms with E-state index in [1.54, 1.807) is 29.2 Å². The number of amides is 2. The first-order valence-corrected chi connectivity index (χ1v) is 15.7. The van der Waals surface area contributed by atoms with Gasteiger partial charge in [0.2, 0.25) is 21.8 Å². The van der Waals surface area contributed by atoms with Crippen LogP contribution in [0.3, 0.4) is 0 Å². The summed E-state index contributed by atoms with van der Waals surface area (Å²) >= 11 is 6.10. The maximum atomic E-state index is 13.8. The Kier molecular flexibility index (Phi) is 11.6. The van der Waals surface area contributed by atoms with Crippen molar-refractivity contribution in [1.82, 2.24) is 10.2 Å². The second-order valence-electron chi connectivity index (χ2n) is 10.3. The molecule has 9 heteroatoms. The first-order chi connectivity index (χ1) is 19.0. The van der Waals surface area contributed by atoms with E-state index in [0.717, 1.165) is 17.4 Å². The zero-order chi connectivity index (χ0) is 29.1. The fourth-order valence-electron chi connectivity index (χ4n) is 4.39. The van der Waals surface area contributed by atoms with Crippen LogP contribution in [0.5, 0.6) is 0 Å². The van der Waals surface area contributed by atoms with E-state index >= 15 is 0 Å². The fraction of sp³-hybridized carbons (Fsp3) is 0.355. The third-order valence-electron chi connectivity index (χ3n) is 6.40. The normalized spacial score (nSPS) is 12.1. The summed E-state index contributed by atoms with van der Waals surface area (Å²) in [5.41, 5.74) is 2.29. The minimum Gasteiger partial charge on any atom is -0.354 e. The van der Waals surface area contributed by atoms with Gasteiger partial charge in [-0.2, -0.15) is 0 Å². The van der Waals surface area contributed by atoms with Gasteiger partial charge in [-0.15, -0.1) is 0 Å². The van der Waals surface area contributed by atoms with E-state index in [-0.39, 0.29) is 43.7 Å². The molecule has 3 aromatic carbocycles. The third-order valence-corrected chi connectivity index (χ3v) is 7.83. The lowest BCUT2D eigenvalue weighted by atomic mass is 10.0. The Morgan fingerprint density at radius 2 is 1.52 bits per heavy atom. The summed E-state index contributed by atoms with van der Waals surface area (Å²) in [5, 5.41) is 3.44. The van der Waals surface area contributed by atoms with Crippen molar-refractivity contribution >= 4 is 39.1 Å². The van der Waals surface area contributed by atoms with E-state index in [1.165, 1.54) is 4.31 Å². The van der Waals surface area contributed by atoms with Crippen molar-refractivity contribution in [1.29, 1.82) is 0 Å². The molecule has 0 radical (unpaired) electrons. The Morgan fingerprint density at radius 3 is 2.10 bits per heavy atom. The molecule has 0 aliphatic carbocycles. The smallest absolute Gasteiger partial charge is 0.243 e. The van der Waals surface area contributed by atoms with Crippen molar-refractivity contribution in [3.05, 3.63) is 101 Å². The topological polar surface area (TPSA) is 86.8 Å². The summed E-state index contributed by atoms with van der Waals surface area (Å²) in [7, 11) is -3.60. The highest BCUT2D eigenvalue weighted by atomic mass is 35.5. The monoisotopic (exact) mass is 583 g/mol. The van der Waals surface area contributed by atoms with E-state index in [2.05, 4.69) is 5.32 Å². The summed E-state index contributed by atoms with van der Waals surface area (Å²) in [6.45, 7) is 4.91. The number of nitrogens with zero attached hydrogens (tertiary/aromatic N) is 2. The molecule has 2 amide bonds. The van der Waals surface area contributed by atoms with Crippen molar-refractivity contribution < 1.29 is 18.0 Å². The molecule has 0 saturated heterocycles. The molecule has 214 valence electrons. The lowest BCUT2D eigenvalue weighted by Gasteiger charge is -2.32. The number of rotatable bonds is 14. The van der Waals surface area contributed by atoms with Crippen LogP contribution in [0.2, 0.25) is 5.02 Å². The van der Waals surface area contributed by atoms with Crippen molar-refractivity contribution in [3.63, 3.8) is 0 Å². The molecule has 3 rings (SSSR count). The molecule has 0 spiro atoms. The Morgan fingerprint density at radius 1 is 0.900 bits per heavy atom. The summed E-state index contributed by atoms with van der Waals surface area (Å²) in [6, 6.07) is 25.1. The molecule has 1 N–H and O–H groups in total. The number of hydrogen-bond donors (Lipinski definition) is 1. The standard InChI is InChI=1S/C31H38ClN3O4S/c1-24(2)22-33-31(37)29(20-25-12-6-4-7-13-25)34(23-26-14-8-5-9-15-26)30(36)18-11-19-35(40(3,38)39)28-17-10-16-27(32)21-28/h4-10,12-17,21,24,29H,11,18-20,22-23H2,1-3H3,(H,33,37). The Bertz CT molecular complexity index is 1350. The Labute approximate surface area is 243 Å². The molecule has 0 bridgehead atoms. The molecule has 3 aromatic rings. The van der Waals surface area contributed by atoms with Gasteiger partial charge in [0.15, 0.2) is 0 Å². The highest BCUT2D eigenvalue weighted by molar-refractivity contribution is 7.92. The lowest BCUT2D eigenvalue weighted by Crippen LogP contribution is -2.51. The van der Waals surface area contributed by atoms with E-state index in [4.69, 9.17) is 11.6 Å². The molecule has 1 atom stereocenters. The molecule has 0 saturated carbocycles. The van der Waals surface area contributed by atoms with E-state index < -0.39 is 16.1 Å². The van der Waals surface area contributed by atoms with Gasteiger partial charge in [-0.25, -0.2) is 8.42 Å². The number of hydrogen-bond acceptors (Lipinski definition) is 4. The van der Waals surface area contributed by atoms with Gasteiger partial charge >= 0.3 is 0 Å². The molecule has 0 aliphatic rings. The average Bonchev–Trinajstić information content (AvgIpc) is 2.92. The summed E-state index contributed by atoms with van der Waals surface area (Å²) in [6.07, 6.45) is 1.84. The molecular formula is C31H38ClN3O4S. The molecule has 0 aromatic heterocycles. The summed E-state index contributed by atoms with van der Waals surface area (Å²) in [4.78, 5) is 28.9. The van der Waals surface area contributed by atoms with Gasteiger partial charge in [0, 0.05) is 37.5 Å². The molecule has 7 nitrogen and oxygen atoms in total. The van der Waals surface area contributed by atoms with Crippen molar-refractivity contribution in [3.8, 4) is 0 Å². The number of carbonyl (C=O) groups excluding carboxylic acids is 2. The largest absolute Gasteiger partial charge is 0.354 e. The van der Waals surface area contributed by atoms with Crippen LogP contribution in [-0.4, -0.2) is 50.5 Å². The molecule has 0 aliphatic heterocycles. The maximum Gasteiger partial charge on any atom is 0.243 e. The van der Waals surface area contributed by atoms with Gasteiger partial charge in [-0.3, -0.25) is 13.9 Å². The molecular weight excluding hydrogens is 546 g/mol. The average molecular weight is 584 g/mol. The van der Waals surface area contributed by atoms with Gasteiger partial charge in [0.1, 0.15) is 6.04 Å². The van der Waals surface area contributed by atoms with Gasteiger partial charge in [0.05, 0.1) is 11.9 Å². The zero-order valence-corrected chi connectivity index (χ0v) is 24.9. The zero-order valence-electron chi connectivity index (χ0n) is 23.3. The number of halogens is 1. The highest BCUT2D eigenvalue weighted by Gasteiger charge is 2.30. The predicted molar refractivity (Wildman–Crippen MR) is 162 cm³/mol. The second-order valence-corrected chi connectivity index (χ2v) is 12.6. The van der Waals surface area contributed by atoms with E-state index in [9.17, 15) is 18.0 Å². The first-order valence-electron chi connectivity index (χ1n) is 13.4. The van der Waals surface area contributed by atoms with Crippen molar-refractivity contribution in [2.45, 2.75) is 45.7 Å².